The molecule has 9 nitrogen and oxygen atoms in total. The number of anilines is 2. The van der Waals surface area contributed by atoms with Gasteiger partial charge in [-0.15, -0.1) is 10.2 Å². The third-order valence-electron chi connectivity index (χ3n) is 4.65. The minimum absolute atomic E-state index is 0.0190. The average Bonchev–Trinajstić information content (AvgIpc) is 3.07. The van der Waals surface area contributed by atoms with E-state index in [9.17, 15) is 13.6 Å². The Morgan fingerprint density at radius 2 is 1.90 bits per heavy atom. The number of hydrazine groups is 1. The van der Waals surface area contributed by atoms with Gasteiger partial charge in [0, 0.05) is 37.5 Å². The predicted octanol–water partition coefficient (Wildman–Crippen LogP) is 2.24. The molecule has 30 heavy (non-hydrogen) atoms. The number of aromatic nitrogens is 2. The third kappa shape index (κ3) is 4.57. The van der Waals surface area contributed by atoms with Crippen LogP contribution in [0.3, 0.4) is 0 Å². The number of nitrogens with zero attached hydrogens (tertiary/aromatic N) is 5. The van der Waals surface area contributed by atoms with Gasteiger partial charge in [-0.25, -0.2) is 19.4 Å². The molecule has 160 valence electrons. The van der Waals surface area contributed by atoms with Crippen molar-refractivity contribution in [1.29, 1.82) is 0 Å². The number of alkyl halides is 2. The first kappa shape index (κ1) is 21.2. The molecule has 1 aromatic carbocycles. The average molecular weight is 419 g/mol. The lowest BCUT2D eigenvalue weighted by Crippen LogP contribution is -2.35. The molecule has 0 bridgehead atoms. The number of urea groups is 1. The van der Waals surface area contributed by atoms with Gasteiger partial charge in [0.2, 0.25) is 5.88 Å². The highest BCUT2D eigenvalue weighted by Gasteiger charge is 2.27. The molecule has 1 aromatic heterocycles. The number of hydrogen-bond donors (Lipinski definition) is 2. The van der Waals surface area contributed by atoms with Crippen LogP contribution in [0.25, 0.3) is 0 Å². The van der Waals surface area contributed by atoms with Gasteiger partial charge in [-0.05, 0) is 25.1 Å². The molecule has 1 fully saturated rings. The molecular formula is C19H23F2N7O2. The number of ether oxygens (including phenoxy) is 1. The van der Waals surface area contributed by atoms with E-state index in [0.29, 0.717) is 36.0 Å². The highest BCUT2D eigenvalue weighted by atomic mass is 19.3. The molecule has 1 aliphatic rings. The zero-order valence-corrected chi connectivity index (χ0v) is 16.6. The lowest BCUT2D eigenvalue weighted by atomic mass is 10.2. The topological polar surface area (TPSA) is 114 Å². The number of carbonyl (C=O) groups excluding carboxylic acids is 1. The summed E-state index contributed by atoms with van der Waals surface area (Å²) in [5.74, 6) is 6.76. The molecule has 4 N–H and O–H groups in total. The summed E-state index contributed by atoms with van der Waals surface area (Å²) in [5, 5.41) is 9.29. The fourth-order valence-electron chi connectivity index (χ4n) is 2.85. The number of allylic oxidation sites excluding steroid dienone is 1. The highest BCUT2D eigenvalue weighted by Crippen LogP contribution is 2.24. The van der Waals surface area contributed by atoms with E-state index < -0.39 is 6.43 Å². The Morgan fingerprint density at radius 3 is 2.40 bits per heavy atom. The Hall–Kier alpha value is -3.47. The molecule has 0 spiro atoms. The Balaban J connectivity index is 1.66. The zero-order valence-electron chi connectivity index (χ0n) is 16.6. The molecule has 11 heteroatoms. The molecule has 0 atom stereocenters. The molecule has 1 aliphatic heterocycles. The maximum absolute atomic E-state index is 12.7. The van der Waals surface area contributed by atoms with Gasteiger partial charge >= 0.3 is 6.03 Å². The summed E-state index contributed by atoms with van der Waals surface area (Å²) in [6.45, 7) is 2.79. The standard InChI is InChI=1S/C19H23F2N7O2/c1-12(22)15(28(23)14-5-3-13(4-6-14)18(20)21)11-30-17-8-7-16(24-25-17)27-10-9-26(2)19(27)29/h3-8,18H,9-11,22-23H2,1-2H3/b15-12-. The van der Waals surface area contributed by atoms with Crippen molar-refractivity contribution in [1.82, 2.24) is 15.1 Å². The maximum atomic E-state index is 12.7. The van der Waals surface area contributed by atoms with Crippen LogP contribution < -0.4 is 26.2 Å². The van der Waals surface area contributed by atoms with Crippen molar-refractivity contribution in [3.63, 3.8) is 0 Å². The summed E-state index contributed by atoms with van der Waals surface area (Å²) in [5.41, 5.74) is 7.12. The van der Waals surface area contributed by atoms with Gasteiger partial charge in [-0.1, -0.05) is 12.1 Å². The summed E-state index contributed by atoms with van der Waals surface area (Å²) in [6, 6.07) is 8.64. The van der Waals surface area contributed by atoms with Crippen molar-refractivity contribution in [2.45, 2.75) is 13.3 Å². The fraction of sp³-hybridized carbons (Fsp3) is 0.316. The molecule has 1 saturated heterocycles. The minimum atomic E-state index is -2.56. The van der Waals surface area contributed by atoms with E-state index in [2.05, 4.69) is 10.2 Å². The summed E-state index contributed by atoms with van der Waals surface area (Å²) < 4.78 is 31.1. The Bertz CT molecular complexity index is 915. The van der Waals surface area contributed by atoms with E-state index in [1.807, 2.05) is 0 Å². The molecule has 2 heterocycles. The minimum Gasteiger partial charge on any atom is -0.470 e. The van der Waals surface area contributed by atoms with Crippen LogP contribution >= 0.6 is 0 Å². The van der Waals surface area contributed by atoms with Crippen LogP contribution in [0.2, 0.25) is 0 Å². The van der Waals surface area contributed by atoms with Crippen molar-refractivity contribution >= 4 is 17.5 Å². The van der Waals surface area contributed by atoms with Crippen LogP contribution in [0.5, 0.6) is 5.88 Å². The van der Waals surface area contributed by atoms with E-state index in [1.54, 1.807) is 31.0 Å². The SMILES string of the molecule is C/C(N)=C(\COc1ccc(N2CCN(C)C2=O)nn1)N(N)c1ccc(C(F)F)cc1. The second kappa shape index (κ2) is 8.91. The number of carbonyl (C=O) groups is 1. The summed E-state index contributed by atoms with van der Waals surface area (Å²) in [4.78, 5) is 15.1. The number of rotatable bonds is 7. The predicted molar refractivity (Wildman–Crippen MR) is 108 cm³/mol. The van der Waals surface area contributed by atoms with Gasteiger partial charge in [-0.3, -0.25) is 9.91 Å². The molecule has 0 aliphatic carbocycles. The highest BCUT2D eigenvalue weighted by molar-refractivity contribution is 5.92. The Morgan fingerprint density at radius 1 is 1.20 bits per heavy atom. The van der Waals surface area contributed by atoms with Crippen LogP contribution in [0.1, 0.15) is 18.9 Å². The normalized spacial score (nSPS) is 14.9. The molecule has 0 radical (unpaired) electrons. The van der Waals surface area contributed by atoms with E-state index in [1.165, 1.54) is 34.2 Å². The van der Waals surface area contributed by atoms with Gasteiger partial charge in [0.15, 0.2) is 5.82 Å². The first-order valence-electron chi connectivity index (χ1n) is 9.15. The lowest BCUT2D eigenvalue weighted by Gasteiger charge is -2.23. The summed E-state index contributed by atoms with van der Waals surface area (Å²) >= 11 is 0. The monoisotopic (exact) mass is 419 g/mol. The molecule has 0 unspecified atom stereocenters. The number of hydrogen-bond acceptors (Lipinski definition) is 7. The molecule has 0 saturated carbocycles. The van der Waals surface area contributed by atoms with Crippen LogP contribution in [-0.4, -0.2) is 47.9 Å². The maximum Gasteiger partial charge on any atom is 0.325 e. The van der Waals surface area contributed by atoms with E-state index in [-0.39, 0.29) is 24.1 Å². The van der Waals surface area contributed by atoms with Gasteiger partial charge in [0.05, 0.1) is 11.4 Å². The van der Waals surface area contributed by atoms with Crippen molar-refractivity contribution in [3.8, 4) is 5.88 Å². The third-order valence-corrected chi connectivity index (χ3v) is 4.65. The number of benzene rings is 1. The van der Waals surface area contributed by atoms with Crippen LogP contribution in [0.15, 0.2) is 47.8 Å². The molecule has 3 rings (SSSR count). The second-order valence-corrected chi connectivity index (χ2v) is 6.77. The van der Waals surface area contributed by atoms with Crippen LogP contribution in [0.4, 0.5) is 25.1 Å². The molecular weight excluding hydrogens is 396 g/mol. The molecule has 2 aromatic rings. The van der Waals surface area contributed by atoms with Gasteiger partial charge in [-0.2, -0.15) is 0 Å². The van der Waals surface area contributed by atoms with E-state index >= 15 is 0 Å². The second-order valence-electron chi connectivity index (χ2n) is 6.77. The zero-order chi connectivity index (χ0) is 21.8. The fourth-order valence-corrected chi connectivity index (χ4v) is 2.85. The molecule has 2 amide bonds. The van der Waals surface area contributed by atoms with Crippen LogP contribution in [0, 0.1) is 0 Å². The lowest BCUT2D eigenvalue weighted by molar-refractivity contribution is 0.151. The summed E-state index contributed by atoms with van der Waals surface area (Å²) in [7, 11) is 1.72. The number of likely N-dealkylation sites (N-methyl/N-ethyl adjacent to an activating group) is 1. The first-order valence-corrected chi connectivity index (χ1v) is 9.15. The number of amides is 2. The van der Waals surface area contributed by atoms with Gasteiger partial charge < -0.3 is 15.4 Å². The largest absolute Gasteiger partial charge is 0.470 e. The van der Waals surface area contributed by atoms with Crippen LogP contribution in [-0.2, 0) is 0 Å². The quantitative estimate of drug-likeness (QED) is 0.523. The van der Waals surface area contributed by atoms with E-state index in [0.717, 1.165) is 0 Å². The van der Waals surface area contributed by atoms with Gasteiger partial charge in [0.25, 0.3) is 6.43 Å². The Labute approximate surface area is 172 Å². The van der Waals surface area contributed by atoms with Crippen molar-refractivity contribution in [2.75, 3.05) is 36.7 Å². The van der Waals surface area contributed by atoms with Crippen molar-refractivity contribution < 1.29 is 18.3 Å². The number of nitrogens with two attached hydrogens (primary N) is 2. The Kier molecular flexibility index (Phi) is 6.31. The van der Waals surface area contributed by atoms with Crippen molar-refractivity contribution in [2.24, 2.45) is 11.6 Å². The van der Waals surface area contributed by atoms with Crippen molar-refractivity contribution in [3.05, 3.63) is 53.4 Å². The van der Waals surface area contributed by atoms with Gasteiger partial charge in [0.1, 0.15) is 6.61 Å². The van der Waals surface area contributed by atoms with E-state index in [4.69, 9.17) is 16.3 Å². The summed E-state index contributed by atoms with van der Waals surface area (Å²) in [6.07, 6.45) is -2.56. The first-order chi connectivity index (χ1) is 14.3. The number of halogens is 2. The smallest absolute Gasteiger partial charge is 0.325 e.